The lowest BCUT2D eigenvalue weighted by Gasteiger charge is -2.19. The van der Waals surface area contributed by atoms with Gasteiger partial charge in [-0.25, -0.2) is 0 Å². The van der Waals surface area contributed by atoms with Crippen molar-refractivity contribution in [2.24, 2.45) is 5.92 Å². The molecule has 0 aromatic heterocycles. The molecule has 0 spiro atoms. The second kappa shape index (κ2) is 6.56. The highest BCUT2D eigenvalue weighted by Gasteiger charge is 2.30. The van der Waals surface area contributed by atoms with E-state index < -0.39 is 0 Å². The number of benzene rings is 1. The smallest absolute Gasteiger partial charge is 0.00984 e. The Morgan fingerprint density at radius 1 is 1.11 bits per heavy atom. The van der Waals surface area contributed by atoms with E-state index in [1.54, 1.807) is 5.56 Å². The van der Waals surface area contributed by atoms with E-state index in [-0.39, 0.29) is 0 Å². The van der Waals surface area contributed by atoms with Crippen molar-refractivity contribution in [1.82, 2.24) is 5.32 Å². The van der Waals surface area contributed by atoms with Crippen molar-refractivity contribution in [2.45, 2.75) is 65.8 Å². The normalized spacial score (nSPS) is 16.6. The molecule has 0 bridgehead atoms. The zero-order chi connectivity index (χ0) is 13.8. The van der Waals surface area contributed by atoms with Crippen molar-refractivity contribution in [3.05, 3.63) is 34.4 Å². The molecule has 1 aromatic carbocycles. The van der Waals surface area contributed by atoms with Crippen molar-refractivity contribution >= 4 is 0 Å². The predicted molar refractivity (Wildman–Crippen MR) is 83.8 cm³/mol. The van der Waals surface area contributed by atoms with Crippen LogP contribution in [0.1, 0.15) is 54.9 Å². The van der Waals surface area contributed by atoms with Crippen LogP contribution in [0, 0.1) is 26.7 Å². The van der Waals surface area contributed by atoms with Crippen LogP contribution in [-0.4, -0.2) is 12.6 Å². The molecule has 1 N–H and O–H groups in total. The maximum absolute atomic E-state index is 3.75. The summed E-state index contributed by atoms with van der Waals surface area (Å²) in [6.07, 6.45) is 6.64. The first kappa shape index (κ1) is 14.6. The molecule has 0 radical (unpaired) electrons. The third kappa shape index (κ3) is 4.07. The second-order valence-corrected chi connectivity index (χ2v) is 6.30. The number of nitrogens with one attached hydrogen (secondary N) is 1. The summed E-state index contributed by atoms with van der Waals surface area (Å²) >= 11 is 0. The van der Waals surface area contributed by atoms with Gasteiger partial charge in [0, 0.05) is 6.04 Å². The van der Waals surface area contributed by atoms with Gasteiger partial charge in [0.15, 0.2) is 0 Å². The topological polar surface area (TPSA) is 12.0 Å². The van der Waals surface area contributed by atoms with E-state index in [2.05, 4.69) is 45.1 Å². The molecule has 1 unspecified atom stereocenters. The first-order valence-electron chi connectivity index (χ1n) is 7.92. The van der Waals surface area contributed by atoms with Gasteiger partial charge in [0.25, 0.3) is 0 Å². The van der Waals surface area contributed by atoms with Crippen molar-refractivity contribution in [2.75, 3.05) is 6.54 Å². The van der Waals surface area contributed by atoms with Crippen molar-refractivity contribution in [1.29, 1.82) is 0 Å². The summed E-state index contributed by atoms with van der Waals surface area (Å²) in [5, 5.41) is 3.75. The third-order valence-corrected chi connectivity index (χ3v) is 4.52. The number of hydrogen-bond acceptors (Lipinski definition) is 1. The number of aryl methyl sites for hydroxylation is 4. The highest BCUT2D eigenvalue weighted by Crippen LogP contribution is 2.34. The maximum Gasteiger partial charge on any atom is 0.00984 e. The summed E-state index contributed by atoms with van der Waals surface area (Å²) < 4.78 is 0. The minimum atomic E-state index is 0.751. The third-order valence-electron chi connectivity index (χ3n) is 4.52. The SMILES string of the molecule is CCCNC(CCc1cc(C)c(C)cc1C)C1CC1. The van der Waals surface area contributed by atoms with Crippen LogP contribution < -0.4 is 5.32 Å². The first-order chi connectivity index (χ1) is 9.11. The Kier molecular flexibility index (Phi) is 5.04. The molecule has 1 heteroatoms. The van der Waals surface area contributed by atoms with E-state index in [0.717, 1.165) is 12.0 Å². The predicted octanol–water partition coefficient (Wildman–Crippen LogP) is 4.32. The number of hydrogen-bond donors (Lipinski definition) is 1. The van der Waals surface area contributed by atoms with E-state index in [1.165, 1.54) is 55.3 Å². The molecule has 1 aromatic rings. The van der Waals surface area contributed by atoms with E-state index in [1.807, 2.05) is 0 Å². The summed E-state index contributed by atoms with van der Waals surface area (Å²) in [5.41, 5.74) is 5.87. The largest absolute Gasteiger partial charge is 0.314 e. The molecule has 1 aliphatic rings. The van der Waals surface area contributed by atoms with Gasteiger partial charge >= 0.3 is 0 Å². The average molecular weight is 259 g/mol. The van der Waals surface area contributed by atoms with Crippen molar-refractivity contribution in [3.63, 3.8) is 0 Å². The van der Waals surface area contributed by atoms with Crippen LogP contribution in [0.15, 0.2) is 12.1 Å². The average Bonchev–Trinajstić information content (AvgIpc) is 3.19. The molecule has 19 heavy (non-hydrogen) atoms. The van der Waals surface area contributed by atoms with Crippen LogP contribution in [-0.2, 0) is 6.42 Å². The lowest BCUT2D eigenvalue weighted by Crippen LogP contribution is -2.32. The molecule has 0 aliphatic heterocycles. The summed E-state index contributed by atoms with van der Waals surface area (Å²) in [6, 6.07) is 5.49. The molecule has 1 saturated carbocycles. The molecule has 1 fully saturated rings. The molecule has 106 valence electrons. The van der Waals surface area contributed by atoms with Gasteiger partial charge in [0.2, 0.25) is 0 Å². The van der Waals surface area contributed by atoms with Crippen LogP contribution in [0.4, 0.5) is 0 Å². The fourth-order valence-corrected chi connectivity index (χ4v) is 2.93. The summed E-state index contributed by atoms with van der Waals surface area (Å²) in [6.45, 7) is 10.1. The van der Waals surface area contributed by atoms with Crippen molar-refractivity contribution in [3.8, 4) is 0 Å². The number of rotatable bonds is 7. The molecule has 0 amide bonds. The fraction of sp³-hybridized carbons (Fsp3) is 0.667. The molecule has 1 aliphatic carbocycles. The van der Waals surface area contributed by atoms with Gasteiger partial charge in [0.05, 0.1) is 0 Å². The van der Waals surface area contributed by atoms with Gasteiger partial charge in [-0.2, -0.15) is 0 Å². The van der Waals surface area contributed by atoms with Crippen LogP contribution in [0.25, 0.3) is 0 Å². The van der Waals surface area contributed by atoms with Gasteiger partial charge < -0.3 is 5.32 Å². The standard InChI is InChI=1S/C18H29N/c1-5-10-19-18(16-6-7-16)9-8-17-12-14(3)13(2)11-15(17)4/h11-12,16,18-19H,5-10H2,1-4H3. The van der Waals surface area contributed by atoms with E-state index >= 15 is 0 Å². The Hall–Kier alpha value is -0.820. The minimum Gasteiger partial charge on any atom is -0.314 e. The van der Waals surface area contributed by atoms with Gasteiger partial charge in [-0.05, 0) is 87.6 Å². The highest BCUT2D eigenvalue weighted by molar-refractivity contribution is 5.36. The molecular formula is C18H29N. The molecule has 0 heterocycles. The lowest BCUT2D eigenvalue weighted by molar-refractivity contribution is 0.435. The van der Waals surface area contributed by atoms with E-state index in [4.69, 9.17) is 0 Å². The summed E-state index contributed by atoms with van der Waals surface area (Å²) in [7, 11) is 0. The maximum atomic E-state index is 3.75. The Bertz CT molecular complexity index is 418. The zero-order valence-corrected chi connectivity index (χ0v) is 13.1. The van der Waals surface area contributed by atoms with E-state index in [0.29, 0.717) is 0 Å². The second-order valence-electron chi connectivity index (χ2n) is 6.30. The highest BCUT2D eigenvalue weighted by atomic mass is 14.9. The zero-order valence-electron chi connectivity index (χ0n) is 13.1. The van der Waals surface area contributed by atoms with Gasteiger partial charge in [-0.15, -0.1) is 0 Å². The first-order valence-corrected chi connectivity index (χ1v) is 7.92. The molecule has 1 atom stereocenters. The Morgan fingerprint density at radius 2 is 1.79 bits per heavy atom. The Balaban J connectivity index is 1.94. The van der Waals surface area contributed by atoms with Crippen LogP contribution in [0.3, 0.4) is 0 Å². The monoisotopic (exact) mass is 259 g/mol. The van der Waals surface area contributed by atoms with Gasteiger partial charge in [-0.1, -0.05) is 19.1 Å². The van der Waals surface area contributed by atoms with Crippen LogP contribution in [0.5, 0.6) is 0 Å². The van der Waals surface area contributed by atoms with Crippen molar-refractivity contribution < 1.29 is 0 Å². The van der Waals surface area contributed by atoms with Crippen LogP contribution >= 0.6 is 0 Å². The summed E-state index contributed by atoms with van der Waals surface area (Å²) in [5.74, 6) is 0.957. The fourth-order valence-electron chi connectivity index (χ4n) is 2.93. The molecule has 0 saturated heterocycles. The Labute approximate surface area is 118 Å². The minimum absolute atomic E-state index is 0.751. The lowest BCUT2D eigenvalue weighted by atomic mass is 9.95. The summed E-state index contributed by atoms with van der Waals surface area (Å²) in [4.78, 5) is 0. The Morgan fingerprint density at radius 3 is 2.42 bits per heavy atom. The molecule has 1 nitrogen and oxygen atoms in total. The molecular weight excluding hydrogens is 230 g/mol. The van der Waals surface area contributed by atoms with Gasteiger partial charge in [0.1, 0.15) is 0 Å². The van der Waals surface area contributed by atoms with Gasteiger partial charge in [-0.3, -0.25) is 0 Å². The quantitative estimate of drug-likeness (QED) is 0.769. The van der Waals surface area contributed by atoms with E-state index in [9.17, 15) is 0 Å². The van der Waals surface area contributed by atoms with Crippen LogP contribution in [0.2, 0.25) is 0 Å². The molecule has 2 rings (SSSR count).